The quantitative estimate of drug-likeness (QED) is 0.358. The summed E-state index contributed by atoms with van der Waals surface area (Å²) < 4.78 is 35.6. The summed E-state index contributed by atoms with van der Waals surface area (Å²) >= 11 is 0. The number of ether oxygens (including phenoxy) is 1. The number of nitrogens with zero attached hydrogens (tertiary/aromatic N) is 5. The van der Waals surface area contributed by atoms with Crippen LogP contribution >= 0.6 is 0 Å². The molecule has 1 N–H and O–H groups in total. The lowest BCUT2D eigenvalue weighted by Crippen LogP contribution is -2.27. The normalized spacial score (nSPS) is 17.9. The van der Waals surface area contributed by atoms with E-state index < -0.39 is 17.2 Å². The molecule has 0 aliphatic heterocycles. The molecule has 2 unspecified atom stereocenters. The van der Waals surface area contributed by atoms with E-state index in [-0.39, 0.29) is 18.7 Å². The van der Waals surface area contributed by atoms with Crippen molar-refractivity contribution in [2.75, 3.05) is 0 Å². The average Bonchev–Trinajstić information content (AvgIpc) is 3.28. The van der Waals surface area contributed by atoms with Gasteiger partial charge in [0, 0.05) is 35.0 Å². The Labute approximate surface area is 219 Å². The highest BCUT2D eigenvalue weighted by Crippen LogP contribution is 2.56. The van der Waals surface area contributed by atoms with Gasteiger partial charge in [-0.3, -0.25) is 0 Å². The Morgan fingerprint density at radius 2 is 1.84 bits per heavy atom. The van der Waals surface area contributed by atoms with Gasteiger partial charge in [0.15, 0.2) is 0 Å². The minimum absolute atomic E-state index is 0.0534. The van der Waals surface area contributed by atoms with E-state index in [9.17, 15) is 9.50 Å². The molecule has 0 spiro atoms. The van der Waals surface area contributed by atoms with Crippen LogP contribution in [-0.2, 0) is 19.6 Å². The van der Waals surface area contributed by atoms with Gasteiger partial charge in [-0.2, -0.15) is 4.80 Å². The standard InChI is InChI=1S/C29H29F2N5O2/c1-15-5-19(28-33-35-36(34-28)14-29(3,4)37)6-16(2)27(15)22-9-20(24(30)11-25(22)31)13-38-26-10-18-7-17-8-21(17)23(18)12-32-26/h5-6,9-12,17,21,37H,7-8,13-14H2,1-4H3. The maximum Gasteiger partial charge on any atom is 0.213 e. The summed E-state index contributed by atoms with van der Waals surface area (Å²) in [7, 11) is 0. The van der Waals surface area contributed by atoms with Gasteiger partial charge in [-0.05, 0) is 104 Å². The first-order valence-electron chi connectivity index (χ1n) is 12.8. The zero-order chi connectivity index (χ0) is 26.8. The summed E-state index contributed by atoms with van der Waals surface area (Å²) in [6, 6.07) is 8.08. The summed E-state index contributed by atoms with van der Waals surface area (Å²) in [6.45, 7) is 7.21. The summed E-state index contributed by atoms with van der Waals surface area (Å²) in [5, 5.41) is 22.5. The third kappa shape index (κ3) is 4.67. The number of hydrogen-bond donors (Lipinski definition) is 1. The van der Waals surface area contributed by atoms with E-state index in [1.54, 1.807) is 13.8 Å². The monoisotopic (exact) mass is 517 g/mol. The molecule has 4 aromatic rings. The minimum atomic E-state index is -0.980. The molecule has 2 aliphatic carbocycles. The van der Waals surface area contributed by atoms with Crippen LogP contribution in [0.1, 0.15) is 54.0 Å². The second-order valence-corrected chi connectivity index (χ2v) is 11.2. The van der Waals surface area contributed by atoms with E-state index in [2.05, 4.69) is 20.4 Å². The van der Waals surface area contributed by atoms with Crippen molar-refractivity contribution in [3.63, 3.8) is 0 Å². The third-order valence-electron chi connectivity index (χ3n) is 7.36. The molecular formula is C29H29F2N5O2. The van der Waals surface area contributed by atoms with Crippen LogP contribution in [0.5, 0.6) is 5.88 Å². The number of benzene rings is 2. The fourth-order valence-corrected chi connectivity index (χ4v) is 5.55. The van der Waals surface area contributed by atoms with Crippen molar-refractivity contribution in [1.29, 1.82) is 0 Å². The van der Waals surface area contributed by atoms with E-state index in [0.717, 1.165) is 35.1 Å². The molecule has 0 bridgehead atoms. The zero-order valence-electron chi connectivity index (χ0n) is 21.8. The number of hydrogen-bond acceptors (Lipinski definition) is 6. The fourth-order valence-electron chi connectivity index (χ4n) is 5.55. The summed E-state index contributed by atoms with van der Waals surface area (Å²) in [5.74, 6) is 0.948. The van der Waals surface area contributed by atoms with Gasteiger partial charge < -0.3 is 9.84 Å². The Kier molecular flexibility index (Phi) is 5.79. The Hall–Kier alpha value is -3.72. The lowest BCUT2D eigenvalue weighted by Gasteiger charge is -2.15. The molecule has 0 radical (unpaired) electrons. The fraction of sp³-hybridized carbons (Fsp3) is 0.379. The SMILES string of the molecule is Cc1cc(-c2nnn(CC(C)(C)O)n2)cc(C)c1-c1cc(COc2cc3c(cn2)C2CC2C3)c(F)cc1F. The summed E-state index contributed by atoms with van der Waals surface area (Å²) in [4.78, 5) is 5.75. The number of pyridine rings is 1. The Morgan fingerprint density at radius 1 is 1.08 bits per heavy atom. The number of aryl methyl sites for hydroxylation is 2. The van der Waals surface area contributed by atoms with Crippen molar-refractivity contribution in [1.82, 2.24) is 25.2 Å². The highest BCUT2D eigenvalue weighted by molar-refractivity contribution is 5.75. The predicted octanol–water partition coefficient (Wildman–Crippen LogP) is 5.31. The zero-order valence-corrected chi connectivity index (χ0v) is 21.8. The molecule has 196 valence electrons. The molecule has 0 saturated heterocycles. The van der Waals surface area contributed by atoms with Crippen LogP contribution in [0.2, 0.25) is 0 Å². The van der Waals surface area contributed by atoms with E-state index >= 15 is 4.39 Å². The van der Waals surface area contributed by atoms with Gasteiger partial charge >= 0.3 is 0 Å². The Bertz CT molecular complexity index is 1540. The smallest absolute Gasteiger partial charge is 0.213 e. The van der Waals surface area contributed by atoms with Crippen LogP contribution in [0.25, 0.3) is 22.5 Å². The molecule has 1 saturated carbocycles. The van der Waals surface area contributed by atoms with E-state index in [1.807, 2.05) is 38.2 Å². The van der Waals surface area contributed by atoms with Crippen LogP contribution in [0.4, 0.5) is 8.78 Å². The van der Waals surface area contributed by atoms with Gasteiger partial charge in [0.2, 0.25) is 11.7 Å². The number of tetrazole rings is 1. The number of halogens is 2. The van der Waals surface area contributed by atoms with Gasteiger partial charge in [0.25, 0.3) is 0 Å². The van der Waals surface area contributed by atoms with Crippen molar-refractivity contribution in [2.24, 2.45) is 5.92 Å². The molecular weight excluding hydrogens is 488 g/mol. The highest BCUT2D eigenvalue weighted by atomic mass is 19.1. The average molecular weight is 518 g/mol. The summed E-state index contributed by atoms with van der Waals surface area (Å²) in [6.07, 6.45) is 4.17. The van der Waals surface area contributed by atoms with Gasteiger partial charge in [-0.1, -0.05) is 0 Å². The molecule has 0 amide bonds. The largest absolute Gasteiger partial charge is 0.473 e. The van der Waals surface area contributed by atoms with Gasteiger partial charge in [0.05, 0.1) is 12.1 Å². The van der Waals surface area contributed by atoms with Crippen molar-refractivity contribution in [3.05, 3.63) is 76.0 Å². The lowest BCUT2D eigenvalue weighted by molar-refractivity contribution is 0.0526. The molecule has 9 heteroatoms. The van der Waals surface area contributed by atoms with Crippen LogP contribution in [0, 0.1) is 31.4 Å². The molecule has 2 aromatic carbocycles. The second-order valence-electron chi connectivity index (χ2n) is 11.2. The van der Waals surface area contributed by atoms with Gasteiger partial charge in [0.1, 0.15) is 18.2 Å². The first-order chi connectivity index (χ1) is 18.1. The van der Waals surface area contributed by atoms with Crippen LogP contribution in [0.15, 0.2) is 36.5 Å². The molecule has 6 rings (SSSR count). The minimum Gasteiger partial charge on any atom is -0.473 e. The van der Waals surface area contributed by atoms with E-state index in [1.165, 1.54) is 28.4 Å². The van der Waals surface area contributed by atoms with Gasteiger partial charge in [-0.15, -0.1) is 10.2 Å². The Balaban J connectivity index is 1.26. The molecule has 2 atom stereocenters. The maximum absolute atomic E-state index is 15.1. The number of fused-ring (bicyclic) bond motifs is 3. The highest BCUT2D eigenvalue weighted by Gasteiger charge is 2.45. The number of aromatic nitrogens is 5. The molecule has 2 aliphatic rings. The van der Waals surface area contributed by atoms with Crippen molar-refractivity contribution >= 4 is 0 Å². The van der Waals surface area contributed by atoms with Crippen LogP contribution in [0.3, 0.4) is 0 Å². The first-order valence-corrected chi connectivity index (χ1v) is 12.8. The van der Waals surface area contributed by atoms with Gasteiger partial charge in [-0.25, -0.2) is 13.8 Å². The Morgan fingerprint density at radius 3 is 2.58 bits per heavy atom. The first kappa shape index (κ1) is 24.6. The molecule has 1 fully saturated rings. The van der Waals surface area contributed by atoms with Crippen LogP contribution < -0.4 is 4.74 Å². The van der Waals surface area contributed by atoms with Crippen molar-refractivity contribution in [3.8, 4) is 28.4 Å². The maximum atomic E-state index is 15.1. The van der Waals surface area contributed by atoms with Crippen LogP contribution in [-0.4, -0.2) is 35.9 Å². The molecule has 2 heterocycles. The second kappa shape index (κ2) is 8.94. The third-order valence-corrected chi connectivity index (χ3v) is 7.36. The number of aliphatic hydroxyl groups is 1. The van der Waals surface area contributed by atoms with Crippen molar-refractivity contribution < 1.29 is 18.6 Å². The summed E-state index contributed by atoms with van der Waals surface area (Å²) in [5.41, 5.74) is 5.11. The number of rotatable bonds is 7. The molecule has 2 aromatic heterocycles. The lowest BCUT2D eigenvalue weighted by atomic mass is 9.92. The van der Waals surface area contributed by atoms with E-state index in [4.69, 9.17) is 4.74 Å². The molecule has 38 heavy (non-hydrogen) atoms. The molecule has 7 nitrogen and oxygen atoms in total. The van der Waals surface area contributed by atoms with E-state index in [0.29, 0.717) is 28.7 Å². The predicted molar refractivity (Wildman–Crippen MR) is 137 cm³/mol. The topological polar surface area (TPSA) is 86.0 Å². The van der Waals surface area contributed by atoms with Crippen molar-refractivity contribution in [2.45, 2.75) is 65.2 Å².